The first-order valence-corrected chi connectivity index (χ1v) is 9.63. The van der Waals surface area contributed by atoms with Gasteiger partial charge in [-0.2, -0.15) is 5.10 Å². The Balaban J connectivity index is 1.46. The Hall–Kier alpha value is -3.69. The van der Waals surface area contributed by atoms with Crippen LogP contribution in [0.25, 0.3) is 10.9 Å². The highest BCUT2D eigenvalue weighted by molar-refractivity contribution is 6.02. The van der Waals surface area contributed by atoms with Crippen molar-refractivity contribution in [1.82, 2.24) is 20.3 Å². The molecule has 1 saturated heterocycles. The number of rotatable bonds is 6. The number of piperidine rings is 1. The Morgan fingerprint density at radius 1 is 1.37 bits per heavy atom. The van der Waals surface area contributed by atoms with Crippen LogP contribution in [0.3, 0.4) is 0 Å². The number of hydrogen-bond acceptors (Lipinski definition) is 7. The van der Waals surface area contributed by atoms with Gasteiger partial charge >= 0.3 is 0 Å². The van der Waals surface area contributed by atoms with E-state index in [-0.39, 0.29) is 36.6 Å². The van der Waals surface area contributed by atoms with Crippen LogP contribution in [0, 0.1) is 0 Å². The van der Waals surface area contributed by atoms with E-state index in [9.17, 15) is 14.4 Å². The Bertz CT molecular complexity index is 1130. The second-order valence-electron chi connectivity index (χ2n) is 7.06. The van der Waals surface area contributed by atoms with Gasteiger partial charge in [-0.05, 0) is 25.0 Å². The third-order valence-corrected chi connectivity index (χ3v) is 4.97. The zero-order chi connectivity index (χ0) is 21.3. The zero-order valence-corrected chi connectivity index (χ0v) is 16.6. The molecule has 1 fully saturated rings. The summed E-state index contributed by atoms with van der Waals surface area (Å²) in [4.78, 5) is 35.7. The van der Waals surface area contributed by atoms with E-state index in [1.807, 2.05) is 6.92 Å². The van der Waals surface area contributed by atoms with E-state index in [1.165, 1.54) is 0 Å². The molecule has 3 heterocycles. The van der Waals surface area contributed by atoms with Gasteiger partial charge < -0.3 is 9.26 Å². The van der Waals surface area contributed by atoms with Gasteiger partial charge in [-0.15, -0.1) is 0 Å². The molecule has 0 aliphatic carbocycles. The SMILES string of the molecule is CCc1cc(NC(=O)COc2ccc3c(C4CCC(=O)NC4=O)nn(C)c3c2)on1. The number of aromatic nitrogens is 3. The number of fused-ring (bicyclic) bond motifs is 1. The number of amides is 3. The van der Waals surface area contributed by atoms with Crippen molar-refractivity contribution in [3.8, 4) is 5.75 Å². The van der Waals surface area contributed by atoms with Gasteiger partial charge in [0.1, 0.15) is 5.75 Å². The van der Waals surface area contributed by atoms with Gasteiger partial charge in [-0.1, -0.05) is 12.1 Å². The van der Waals surface area contributed by atoms with Crippen molar-refractivity contribution in [2.45, 2.75) is 32.1 Å². The molecule has 2 aromatic heterocycles. The van der Waals surface area contributed by atoms with Crippen molar-refractivity contribution in [1.29, 1.82) is 0 Å². The minimum atomic E-state index is -0.473. The smallest absolute Gasteiger partial charge is 0.264 e. The molecular weight excluding hydrogens is 390 g/mol. The molecule has 0 saturated carbocycles. The number of carbonyl (C=O) groups excluding carboxylic acids is 3. The summed E-state index contributed by atoms with van der Waals surface area (Å²) in [5, 5.41) is 14.0. The van der Waals surface area contributed by atoms with Crippen LogP contribution in [0.15, 0.2) is 28.8 Å². The van der Waals surface area contributed by atoms with Crippen LogP contribution in [-0.4, -0.2) is 39.3 Å². The van der Waals surface area contributed by atoms with Gasteiger partial charge in [-0.3, -0.25) is 29.7 Å². The predicted octanol–water partition coefficient (Wildman–Crippen LogP) is 1.66. The maximum atomic E-state index is 12.2. The highest BCUT2D eigenvalue weighted by atomic mass is 16.5. The van der Waals surface area contributed by atoms with Crippen LogP contribution >= 0.6 is 0 Å². The molecule has 1 aliphatic heterocycles. The van der Waals surface area contributed by atoms with E-state index < -0.39 is 5.92 Å². The molecule has 1 atom stereocenters. The van der Waals surface area contributed by atoms with Crippen molar-refractivity contribution in [3.05, 3.63) is 35.7 Å². The van der Waals surface area contributed by atoms with Gasteiger partial charge in [0.25, 0.3) is 5.91 Å². The van der Waals surface area contributed by atoms with Gasteiger partial charge in [0, 0.05) is 31.0 Å². The van der Waals surface area contributed by atoms with E-state index >= 15 is 0 Å². The number of anilines is 1. The van der Waals surface area contributed by atoms with Crippen LogP contribution in [0.4, 0.5) is 5.88 Å². The fourth-order valence-corrected chi connectivity index (χ4v) is 3.43. The highest BCUT2D eigenvalue weighted by Crippen LogP contribution is 2.31. The molecule has 0 bridgehead atoms. The van der Waals surface area contributed by atoms with Gasteiger partial charge in [0.05, 0.1) is 22.8 Å². The lowest BCUT2D eigenvalue weighted by Crippen LogP contribution is -2.39. The lowest BCUT2D eigenvalue weighted by Gasteiger charge is -2.19. The van der Waals surface area contributed by atoms with Crippen LogP contribution in [-0.2, 0) is 27.9 Å². The summed E-state index contributed by atoms with van der Waals surface area (Å²) >= 11 is 0. The Labute approximate surface area is 171 Å². The summed E-state index contributed by atoms with van der Waals surface area (Å²) in [7, 11) is 1.77. The molecule has 3 aromatic rings. The standard InChI is InChI=1S/C20H21N5O5/c1-3-11-8-18(30-24-11)21-17(27)10-29-12-4-5-13-15(9-12)25(2)23-19(13)14-6-7-16(26)22-20(14)28/h4-5,8-9,14H,3,6-7,10H2,1-2H3,(H,21,27)(H,22,26,28). The monoisotopic (exact) mass is 411 g/mol. The number of carbonyl (C=O) groups is 3. The van der Waals surface area contributed by atoms with Crippen molar-refractivity contribution < 1.29 is 23.6 Å². The van der Waals surface area contributed by atoms with Gasteiger partial charge in [0.2, 0.25) is 17.7 Å². The van der Waals surface area contributed by atoms with E-state index in [1.54, 1.807) is 36.0 Å². The minimum absolute atomic E-state index is 0.203. The van der Waals surface area contributed by atoms with Crippen LogP contribution < -0.4 is 15.4 Å². The Morgan fingerprint density at radius 2 is 2.20 bits per heavy atom. The molecule has 0 spiro atoms. The minimum Gasteiger partial charge on any atom is -0.484 e. The van der Waals surface area contributed by atoms with Crippen molar-refractivity contribution in [2.75, 3.05) is 11.9 Å². The summed E-state index contributed by atoms with van der Waals surface area (Å²) in [6, 6.07) is 6.94. The maximum absolute atomic E-state index is 12.2. The number of nitrogens with zero attached hydrogens (tertiary/aromatic N) is 3. The van der Waals surface area contributed by atoms with E-state index in [0.29, 0.717) is 24.3 Å². The summed E-state index contributed by atoms with van der Waals surface area (Å²) in [5.41, 5.74) is 2.13. The van der Waals surface area contributed by atoms with Gasteiger partial charge in [0.15, 0.2) is 6.61 Å². The highest BCUT2D eigenvalue weighted by Gasteiger charge is 2.31. The largest absolute Gasteiger partial charge is 0.484 e. The third-order valence-electron chi connectivity index (χ3n) is 4.97. The molecule has 10 heteroatoms. The fraction of sp³-hybridized carbons (Fsp3) is 0.350. The van der Waals surface area contributed by atoms with Crippen molar-refractivity contribution >= 4 is 34.5 Å². The molecule has 3 amide bonds. The molecule has 2 N–H and O–H groups in total. The molecule has 0 radical (unpaired) electrons. The van der Waals surface area contributed by atoms with Crippen molar-refractivity contribution in [3.63, 3.8) is 0 Å². The summed E-state index contributed by atoms with van der Waals surface area (Å²) in [6.45, 7) is 1.73. The van der Waals surface area contributed by atoms with Crippen LogP contribution in [0.5, 0.6) is 5.75 Å². The quantitative estimate of drug-likeness (QED) is 0.590. The third kappa shape index (κ3) is 3.88. The first-order valence-electron chi connectivity index (χ1n) is 9.63. The van der Waals surface area contributed by atoms with Crippen LogP contribution in [0.1, 0.15) is 37.1 Å². The molecule has 4 rings (SSSR count). The average molecular weight is 411 g/mol. The lowest BCUT2D eigenvalue weighted by atomic mass is 9.93. The topological polar surface area (TPSA) is 128 Å². The average Bonchev–Trinajstić information content (AvgIpc) is 3.30. The molecule has 30 heavy (non-hydrogen) atoms. The van der Waals surface area contributed by atoms with E-state index in [0.717, 1.165) is 16.6 Å². The molecule has 10 nitrogen and oxygen atoms in total. The number of aryl methyl sites for hydroxylation is 2. The number of benzene rings is 1. The number of imide groups is 1. The maximum Gasteiger partial charge on any atom is 0.264 e. The van der Waals surface area contributed by atoms with Crippen LogP contribution in [0.2, 0.25) is 0 Å². The Kier molecular flexibility index (Phi) is 5.21. The number of hydrogen-bond donors (Lipinski definition) is 2. The normalized spacial score (nSPS) is 16.5. The molecule has 1 unspecified atom stereocenters. The Morgan fingerprint density at radius 3 is 2.93 bits per heavy atom. The molecule has 1 aliphatic rings. The summed E-state index contributed by atoms with van der Waals surface area (Å²) in [6.07, 6.45) is 1.42. The molecular formula is C20H21N5O5. The number of nitrogens with one attached hydrogen (secondary N) is 2. The summed E-state index contributed by atoms with van der Waals surface area (Å²) in [5.74, 6) is -0.677. The predicted molar refractivity (Wildman–Crippen MR) is 106 cm³/mol. The van der Waals surface area contributed by atoms with Crippen molar-refractivity contribution in [2.24, 2.45) is 7.05 Å². The second kappa shape index (κ2) is 7.97. The van der Waals surface area contributed by atoms with Gasteiger partial charge in [-0.25, -0.2) is 0 Å². The first kappa shape index (κ1) is 19.6. The van der Waals surface area contributed by atoms with E-state index in [2.05, 4.69) is 20.9 Å². The molecule has 1 aromatic carbocycles. The second-order valence-corrected chi connectivity index (χ2v) is 7.06. The first-order chi connectivity index (χ1) is 14.4. The fourth-order valence-electron chi connectivity index (χ4n) is 3.43. The molecule has 156 valence electrons. The summed E-state index contributed by atoms with van der Waals surface area (Å²) < 4.78 is 12.3. The zero-order valence-electron chi connectivity index (χ0n) is 16.6. The number of ether oxygens (including phenoxy) is 1. The van der Waals surface area contributed by atoms with E-state index in [4.69, 9.17) is 9.26 Å². The lowest BCUT2D eigenvalue weighted by molar-refractivity contribution is -0.134.